The molecule has 0 aliphatic rings. The number of methoxy groups -OCH3 is 1. The Kier molecular flexibility index (Phi) is 5.63. The minimum Gasteiger partial charge on any atom is -0.497 e. The van der Waals surface area contributed by atoms with Crippen LogP contribution in [0.3, 0.4) is 0 Å². The number of furan rings is 1. The van der Waals surface area contributed by atoms with Crippen LogP contribution in [0.2, 0.25) is 0 Å². The zero-order chi connectivity index (χ0) is 14.8. The number of benzene rings is 1. The highest BCUT2D eigenvalue weighted by Crippen LogP contribution is 2.25. The van der Waals surface area contributed by atoms with Crippen molar-refractivity contribution < 1.29 is 13.9 Å². The van der Waals surface area contributed by atoms with E-state index in [2.05, 4.69) is 5.32 Å². The second-order valence-electron chi connectivity index (χ2n) is 5.57. The predicted molar refractivity (Wildman–Crippen MR) is 85.0 cm³/mol. The molecule has 0 atom stereocenters. The third-order valence-corrected chi connectivity index (χ3v) is 2.96. The van der Waals surface area contributed by atoms with Gasteiger partial charge >= 0.3 is 0 Å². The van der Waals surface area contributed by atoms with E-state index in [1.807, 2.05) is 26.0 Å². The largest absolute Gasteiger partial charge is 0.497 e. The van der Waals surface area contributed by atoms with Gasteiger partial charge < -0.3 is 20.2 Å². The van der Waals surface area contributed by atoms with Crippen LogP contribution in [0, 0.1) is 0 Å². The summed E-state index contributed by atoms with van der Waals surface area (Å²) < 4.78 is 10.6. The highest BCUT2D eigenvalue weighted by molar-refractivity contribution is 5.88. The summed E-state index contributed by atoms with van der Waals surface area (Å²) in [6.45, 7) is 4.18. The fourth-order valence-electron chi connectivity index (χ4n) is 1.89. The average Bonchev–Trinajstić information content (AvgIpc) is 2.78. The summed E-state index contributed by atoms with van der Waals surface area (Å²) in [5.74, 6) is 0.662. The van der Waals surface area contributed by atoms with Gasteiger partial charge in [-0.05, 0) is 26.0 Å². The molecule has 0 aliphatic heterocycles. The first-order valence-corrected chi connectivity index (χ1v) is 6.49. The summed E-state index contributed by atoms with van der Waals surface area (Å²) in [4.78, 5) is 11.9. The number of carbonyl (C=O) groups is 1. The summed E-state index contributed by atoms with van der Waals surface area (Å²) in [5.41, 5.74) is 6.99. The number of fused-ring (bicyclic) bond motifs is 1. The van der Waals surface area contributed by atoms with Gasteiger partial charge in [-0.1, -0.05) is 0 Å². The molecule has 2 rings (SSSR count). The maximum Gasteiger partial charge on any atom is 0.224 e. The van der Waals surface area contributed by atoms with Crippen molar-refractivity contribution in [2.24, 2.45) is 5.73 Å². The lowest BCUT2D eigenvalue weighted by molar-refractivity contribution is -0.120. The molecule has 0 spiro atoms. The first-order valence-electron chi connectivity index (χ1n) is 6.49. The highest BCUT2D eigenvalue weighted by Gasteiger charge is 2.14. The van der Waals surface area contributed by atoms with Gasteiger partial charge in [-0.25, -0.2) is 0 Å². The first-order chi connectivity index (χ1) is 9.39. The van der Waals surface area contributed by atoms with Gasteiger partial charge in [0.25, 0.3) is 0 Å². The van der Waals surface area contributed by atoms with Crippen molar-refractivity contribution in [2.45, 2.75) is 25.8 Å². The number of hydrogen-bond donors (Lipinski definition) is 2. The Labute approximate surface area is 130 Å². The van der Waals surface area contributed by atoms with E-state index in [1.165, 1.54) is 0 Å². The number of rotatable bonds is 5. The van der Waals surface area contributed by atoms with Gasteiger partial charge in [0.1, 0.15) is 11.3 Å². The molecule has 0 saturated carbocycles. The van der Waals surface area contributed by atoms with Crippen molar-refractivity contribution in [1.82, 2.24) is 5.32 Å². The Hall–Kier alpha value is -1.72. The molecule has 1 heterocycles. The number of ether oxygens (including phenoxy) is 1. The second kappa shape index (κ2) is 6.83. The highest BCUT2D eigenvalue weighted by atomic mass is 35.5. The lowest BCUT2D eigenvalue weighted by Crippen LogP contribution is -2.45. The monoisotopic (exact) mass is 312 g/mol. The molecule has 21 heavy (non-hydrogen) atoms. The number of hydrogen-bond acceptors (Lipinski definition) is 4. The molecule has 6 heteroatoms. The average molecular weight is 313 g/mol. The summed E-state index contributed by atoms with van der Waals surface area (Å²) in [6.07, 6.45) is 1.88. The Morgan fingerprint density at radius 1 is 1.43 bits per heavy atom. The number of amides is 1. The van der Waals surface area contributed by atoms with E-state index in [9.17, 15) is 4.79 Å². The SMILES string of the molecule is COc1ccc2c(CC(=O)NCC(C)(C)N)coc2c1.Cl. The van der Waals surface area contributed by atoms with Crippen LogP contribution < -0.4 is 15.8 Å². The van der Waals surface area contributed by atoms with Crippen LogP contribution in [0.1, 0.15) is 19.4 Å². The minimum atomic E-state index is -0.415. The molecule has 0 aliphatic carbocycles. The normalized spacial score (nSPS) is 11.0. The summed E-state index contributed by atoms with van der Waals surface area (Å²) >= 11 is 0. The molecule has 116 valence electrons. The third-order valence-electron chi connectivity index (χ3n) is 2.96. The molecule has 1 aromatic carbocycles. The maximum absolute atomic E-state index is 11.9. The van der Waals surface area contributed by atoms with E-state index in [4.69, 9.17) is 14.9 Å². The van der Waals surface area contributed by atoms with Crippen LogP contribution in [0.25, 0.3) is 11.0 Å². The summed E-state index contributed by atoms with van der Waals surface area (Å²) in [7, 11) is 1.60. The summed E-state index contributed by atoms with van der Waals surface area (Å²) in [5, 5.41) is 3.74. The Balaban J connectivity index is 0.00000220. The van der Waals surface area contributed by atoms with Gasteiger partial charge in [-0.2, -0.15) is 0 Å². The van der Waals surface area contributed by atoms with E-state index in [-0.39, 0.29) is 24.7 Å². The van der Waals surface area contributed by atoms with Crippen LogP contribution >= 0.6 is 12.4 Å². The van der Waals surface area contributed by atoms with Crippen LogP contribution in [-0.2, 0) is 11.2 Å². The van der Waals surface area contributed by atoms with Crippen molar-refractivity contribution in [3.05, 3.63) is 30.0 Å². The smallest absolute Gasteiger partial charge is 0.224 e. The minimum absolute atomic E-state index is 0. The van der Waals surface area contributed by atoms with E-state index < -0.39 is 5.54 Å². The van der Waals surface area contributed by atoms with Crippen molar-refractivity contribution in [1.29, 1.82) is 0 Å². The van der Waals surface area contributed by atoms with Crippen LogP contribution in [0.4, 0.5) is 0 Å². The standard InChI is InChI=1S/C15H20N2O3.ClH/c1-15(2,16)9-17-14(18)6-10-8-20-13-7-11(19-3)4-5-12(10)13;/h4-5,7-8H,6,9,16H2,1-3H3,(H,17,18);1H. The second-order valence-corrected chi connectivity index (χ2v) is 5.57. The molecule has 1 aromatic heterocycles. The third kappa shape index (κ3) is 4.65. The van der Waals surface area contributed by atoms with Crippen LogP contribution in [0.15, 0.2) is 28.9 Å². The molecule has 3 N–H and O–H groups in total. The quantitative estimate of drug-likeness (QED) is 0.887. The van der Waals surface area contributed by atoms with Crippen molar-refractivity contribution in [3.63, 3.8) is 0 Å². The van der Waals surface area contributed by atoms with Crippen molar-refractivity contribution in [3.8, 4) is 5.75 Å². The maximum atomic E-state index is 11.9. The van der Waals surface area contributed by atoms with Gasteiger partial charge in [-0.15, -0.1) is 12.4 Å². The lowest BCUT2D eigenvalue weighted by atomic mass is 10.1. The topological polar surface area (TPSA) is 77.5 Å². The first kappa shape index (κ1) is 17.3. The predicted octanol–water partition coefficient (Wildman–Crippen LogP) is 2.26. The number of nitrogens with one attached hydrogen (secondary N) is 1. The number of carbonyl (C=O) groups excluding carboxylic acids is 1. The molecule has 0 saturated heterocycles. The molecule has 1 amide bonds. The molecule has 5 nitrogen and oxygen atoms in total. The van der Waals surface area contributed by atoms with E-state index in [0.29, 0.717) is 12.1 Å². The van der Waals surface area contributed by atoms with Gasteiger partial charge in [0.15, 0.2) is 0 Å². The van der Waals surface area contributed by atoms with E-state index >= 15 is 0 Å². The number of nitrogens with two attached hydrogens (primary N) is 1. The lowest BCUT2D eigenvalue weighted by Gasteiger charge is -2.18. The van der Waals surface area contributed by atoms with Gasteiger partial charge in [0, 0.05) is 29.1 Å². The molecule has 0 bridgehead atoms. The van der Waals surface area contributed by atoms with Crippen molar-refractivity contribution >= 4 is 29.3 Å². The Bertz CT molecular complexity index is 617. The fraction of sp³-hybridized carbons (Fsp3) is 0.400. The number of halogens is 1. The van der Waals surface area contributed by atoms with Gasteiger partial charge in [-0.3, -0.25) is 4.79 Å². The molecule has 2 aromatic rings. The van der Waals surface area contributed by atoms with E-state index in [0.717, 1.165) is 16.7 Å². The molecular formula is C15H21ClN2O3. The Morgan fingerprint density at radius 2 is 2.14 bits per heavy atom. The zero-order valence-electron chi connectivity index (χ0n) is 12.4. The molecule has 0 radical (unpaired) electrons. The summed E-state index contributed by atoms with van der Waals surface area (Å²) in [6, 6.07) is 5.55. The van der Waals surface area contributed by atoms with Crippen LogP contribution in [0.5, 0.6) is 5.75 Å². The Morgan fingerprint density at radius 3 is 2.76 bits per heavy atom. The van der Waals surface area contributed by atoms with Crippen LogP contribution in [-0.4, -0.2) is 25.1 Å². The van der Waals surface area contributed by atoms with E-state index in [1.54, 1.807) is 19.4 Å². The van der Waals surface area contributed by atoms with Gasteiger partial charge in [0.2, 0.25) is 5.91 Å². The fourth-order valence-corrected chi connectivity index (χ4v) is 1.89. The van der Waals surface area contributed by atoms with Crippen molar-refractivity contribution in [2.75, 3.05) is 13.7 Å². The molecule has 0 fully saturated rings. The van der Waals surface area contributed by atoms with Gasteiger partial charge in [0.05, 0.1) is 19.8 Å². The molecule has 0 unspecified atom stereocenters. The molecular weight excluding hydrogens is 292 g/mol. The zero-order valence-corrected chi connectivity index (χ0v) is 13.3.